The third-order valence-electron chi connectivity index (χ3n) is 6.80. The molecule has 0 aliphatic carbocycles. The van der Waals surface area contributed by atoms with E-state index in [1.807, 2.05) is 12.5 Å². The number of aromatic nitrogens is 2. The van der Waals surface area contributed by atoms with Crippen molar-refractivity contribution in [2.24, 2.45) is 0 Å². The van der Waals surface area contributed by atoms with Gasteiger partial charge in [0.25, 0.3) is 11.8 Å². The minimum absolute atomic E-state index is 0.147. The predicted octanol–water partition coefficient (Wildman–Crippen LogP) is 3.84. The van der Waals surface area contributed by atoms with Gasteiger partial charge in [-0.15, -0.1) is 0 Å². The van der Waals surface area contributed by atoms with Gasteiger partial charge in [-0.3, -0.25) is 29.1 Å². The summed E-state index contributed by atoms with van der Waals surface area (Å²) in [7, 11) is 0. The van der Waals surface area contributed by atoms with E-state index < -0.39 is 12.1 Å². The molecule has 0 saturated carbocycles. The monoisotopic (exact) mass is 630 g/mol. The Bertz CT molecular complexity index is 1010. The molecule has 2 rings (SSSR count). The Morgan fingerprint density at radius 3 is 1.30 bits per heavy atom. The van der Waals surface area contributed by atoms with E-state index in [0.717, 1.165) is 56.5 Å². The second-order valence-corrected chi connectivity index (χ2v) is 12.1. The standard InChI is InChI=1S/C31H46N6O4S2/c1-42-22-14-26(36-28(38)24-10-18-32-19-11-24)30(40)34-16-8-6-4-3-5-7-9-17-35-31(41)27(15-23-43-2)37-29(39)25-12-20-33-21-13-25/h10-13,18-21,26-27H,3-9,14-17,22-23H2,1-2H3,(H,34,40)(H,35,41)(H,36,38)(H,37,39)/t26-,27-/m0/s1. The average molecular weight is 631 g/mol. The molecule has 0 aliphatic heterocycles. The summed E-state index contributed by atoms with van der Waals surface area (Å²) in [6, 6.07) is 5.40. The number of amides is 4. The molecule has 2 aromatic rings. The van der Waals surface area contributed by atoms with E-state index >= 15 is 0 Å². The highest BCUT2D eigenvalue weighted by atomic mass is 32.2. The van der Waals surface area contributed by atoms with Crippen molar-refractivity contribution in [1.29, 1.82) is 0 Å². The normalized spacial score (nSPS) is 12.1. The number of thioether (sulfide) groups is 2. The van der Waals surface area contributed by atoms with Crippen LogP contribution in [0.1, 0.15) is 78.5 Å². The summed E-state index contributed by atoms with van der Waals surface area (Å²) >= 11 is 3.28. The Morgan fingerprint density at radius 1 is 0.605 bits per heavy atom. The van der Waals surface area contributed by atoms with Crippen molar-refractivity contribution in [1.82, 2.24) is 31.2 Å². The minimum atomic E-state index is -0.563. The molecule has 4 amide bonds. The fourth-order valence-corrected chi connectivity index (χ4v) is 5.25. The van der Waals surface area contributed by atoms with E-state index in [9.17, 15) is 19.2 Å². The van der Waals surface area contributed by atoms with Crippen LogP contribution in [-0.2, 0) is 9.59 Å². The first kappa shape index (κ1) is 36.1. The van der Waals surface area contributed by atoms with Crippen molar-refractivity contribution >= 4 is 47.2 Å². The lowest BCUT2D eigenvalue weighted by Crippen LogP contribution is -2.47. The van der Waals surface area contributed by atoms with Gasteiger partial charge in [0, 0.05) is 49.0 Å². The number of carbonyl (C=O) groups is 4. The van der Waals surface area contributed by atoms with Crippen LogP contribution in [0.15, 0.2) is 49.1 Å². The third-order valence-corrected chi connectivity index (χ3v) is 8.09. The molecule has 2 aromatic heterocycles. The lowest BCUT2D eigenvalue weighted by Gasteiger charge is -2.18. The van der Waals surface area contributed by atoms with Gasteiger partial charge in [-0.05, 0) is 74.0 Å². The molecule has 0 saturated heterocycles. The molecule has 0 aliphatic rings. The molecule has 10 nitrogen and oxygen atoms in total. The zero-order valence-corrected chi connectivity index (χ0v) is 26.9. The quantitative estimate of drug-likeness (QED) is 0.144. The van der Waals surface area contributed by atoms with Crippen LogP contribution in [0.4, 0.5) is 0 Å². The summed E-state index contributed by atoms with van der Waals surface area (Å²) in [5.41, 5.74) is 0.972. The Labute approximate surface area is 264 Å². The minimum Gasteiger partial charge on any atom is -0.354 e. The van der Waals surface area contributed by atoms with Crippen LogP contribution in [0.5, 0.6) is 0 Å². The van der Waals surface area contributed by atoms with E-state index in [4.69, 9.17) is 0 Å². The highest BCUT2D eigenvalue weighted by molar-refractivity contribution is 7.98. The molecule has 236 valence electrons. The summed E-state index contributed by atoms with van der Waals surface area (Å²) in [6.07, 6.45) is 18.4. The van der Waals surface area contributed by atoms with Crippen molar-refractivity contribution in [3.05, 3.63) is 60.2 Å². The lowest BCUT2D eigenvalue weighted by atomic mass is 10.1. The van der Waals surface area contributed by atoms with E-state index in [2.05, 4.69) is 31.2 Å². The number of carbonyl (C=O) groups excluding carboxylic acids is 4. The van der Waals surface area contributed by atoms with Gasteiger partial charge in [-0.2, -0.15) is 23.5 Å². The Kier molecular flexibility index (Phi) is 18.8. The number of hydrogen-bond acceptors (Lipinski definition) is 8. The first-order valence-corrected chi connectivity index (χ1v) is 17.7. The molecule has 43 heavy (non-hydrogen) atoms. The molecule has 12 heteroatoms. The van der Waals surface area contributed by atoms with Crippen molar-refractivity contribution in [3.63, 3.8) is 0 Å². The third kappa shape index (κ3) is 15.3. The van der Waals surface area contributed by atoms with Gasteiger partial charge < -0.3 is 21.3 Å². The average Bonchev–Trinajstić information content (AvgIpc) is 3.04. The Hall–Kier alpha value is -3.12. The first-order chi connectivity index (χ1) is 21.0. The van der Waals surface area contributed by atoms with Gasteiger partial charge in [0.2, 0.25) is 11.8 Å². The highest BCUT2D eigenvalue weighted by Gasteiger charge is 2.22. The van der Waals surface area contributed by atoms with Crippen LogP contribution in [0.25, 0.3) is 0 Å². The summed E-state index contributed by atoms with van der Waals surface area (Å²) < 4.78 is 0. The summed E-state index contributed by atoms with van der Waals surface area (Å²) in [5.74, 6) is 0.717. The lowest BCUT2D eigenvalue weighted by molar-refractivity contribution is -0.123. The van der Waals surface area contributed by atoms with Crippen molar-refractivity contribution in [3.8, 4) is 0 Å². The van der Waals surface area contributed by atoms with Gasteiger partial charge in [0.15, 0.2) is 0 Å². The highest BCUT2D eigenvalue weighted by Crippen LogP contribution is 2.08. The van der Waals surface area contributed by atoms with E-state index in [1.165, 1.54) is 0 Å². The molecule has 0 spiro atoms. The number of rotatable bonds is 22. The number of nitrogens with zero attached hydrogens (tertiary/aromatic N) is 2. The Morgan fingerprint density at radius 2 is 0.953 bits per heavy atom. The Balaban J connectivity index is 1.56. The van der Waals surface area contributed by atoms with Gasteiger partial charge in [-0.1, -0.05) is 32.1 Å². The first-order valence-electron chi connectivity index (χ1n) is 14.9. The second-order valence-electron chi connectivity index (χ2n) is 10.1. The summed E-state index contributed by atoms with van der Waals surface area (Å²) in [5, 5.41) is 11.7. The molecular formula is C31H46N6O4S2. The molecule has 0 fully saturated rings. The fourth-order valence-electron chi connectivity index (χ4n) is 4.30. The topological polar surface area (TPSA) is 142 Å². The van der Waals surface area contributed by atoms with Gasteiger partial charge >= 0.3 is 0 Å². The van der Waals surface area contributed by atoms with Crippen molar-refractivity contribution < 1.29 is 19.2 Å². The molecule has 4 N–H and O–H groups in total. The SMILES string of the molecule is CSCC[C@H](NC(=O)c1ccncc1)C(=O)NCCCCCCCCCNC(=O)[C@H](CCSC)NC(=O)c1ccncc1. The van der Waals surface area contributed by atoms with Crippen molar-refractivity contribution in [2.75, 3.05) is 37.1 Å². The van der Waals surface area contributed by atoms with Crippen molar-refractivity contribution in [2.45, 2.75) is 69.9 Å². The zero-order chi connectivity index (χ0) is 31.1. The molecule has 0 bridgehead atoms. The zero-order valence-electron chi connectivity index (χ0n) is 25.3. The smallest absolute Gasteiger partial charge is 0.252 e. The molecular weight excluding hydrogens is 585 g/mol. The van der Waals surface area contributed by atoms with Gasteiger partial charge in [0.05, 0.1) is 0 Å². The maximum atomic E-state index is 12.7. The van der Waals surface area contributed by atoms with Gasteiger partial charge in [-0.25, -0.2) is 0 Å². The number of nitrogens with one attached hydrogen (secondary N) is 4. The molecule has 0 radical (unpaired) electrons. The predicted molar refractivity (Wildman–Crippen MR) is 175 cm³/mol. The number of pyridine rings is 2. The maximum absolute atomic E-state index is 12.7. The van der Waals surface area contributed by atoms with Crippen LogP contribution >= 0.6 is 23.5 Å². The van der Waals surface area contributed by atoms with Gasteiger partial charge in [0.1, 0.15) is 12.1 Å². The molecule has 0 unspecified atom stereocenters. The molecule has 0 aromatic carbocycles. The summed E-state index contributed by atoms with van der Waals surface area (Å²) in [6.45, 7) is 1.17. The molecule has 2 heterocycles. The van der Waals surface area contributed by atoms with E-state index in [-0.39, 0.29) is 23.6 Å². The van der Waals surface area contributed by atoms with E-state index in [1.54, 1.807) is 72.6 Å². The van der Waals surface area contributed by atoms with Crippen LogP contribution in [0, 0.1) is 0 Å². The maximum Gasteiger partial charge on any atom is 0.252 e. The van der Waals surface area contributed by atoms with Crippen LogP contribution in [0.2, 0.25) is 0 Å². The van der Waals surface area contributed by atoms with Crippen LogP contribution in [0.3, 0.4) is 0 Å². The number of hydrogen-bond donors (Lipinski definition) is 4. The largest absolute Gasteiger partial charge is 0.354 e. The van der Waals surface area contributed by atoms with E-state index in [0.29, 0.717) is 37.1 Å². The second kappa shape index (κ2) is 22.4. The van der Waals surface area contributed by atoms with Crippen LogP contribution in [-0.4, -0.2) is 82.8 Å². The fraction of sp³-hybridized carbons (Fsp3) is 0.548. The molecule has 2 atom stereocenters. The summed E-state index contributed by atoms with van der Waals surface area (Å²) in [4.78, 5) is 58.3. The number of unbranched alkanes of at least 4 members (excludes halogenated alkanes) is 6. The van der Waals surface area contributed by atoms with Crippen LogP contribution < -0.4 is 21.3 Å².